The van der Waals surface area contributed by atoms with Crippen molar-refractivity contribution in [3.8, 4) is 0 Å². The molecule has 0 bridgehead atoms. The number of rotatable bonds is 7. The lowest BCUT2D eigenvalue weighted by atomic mass is 9.98. The Bertz CT molecular complexity index is 452. The van der Waals surface area contributed by atoms with Crippen LogP contribution in [0.25, 0.3) is 0 Å². The van der Waals surface area contributed by atoms with Gasteiger partial charge in [-0.3, -0.25) is 0 Å². The molecule has 0 aliphatic carbocycles. The van der Waals surface area contributed by atoms with Gasteiger partial charge in [0.1, 0.15) is 5.84 Å². The highest BCUT2D eigenvalue weighted by atomic mass is 32.2. The van der Waals surface area contributed by atoms with Crippen molar-refractivity contribution in [1.29, 1.82) is 0 Å². The predicted molar refractivity (Wildman–Crippen MR) is 83.8 cm³/mol. The first-order valence-corrected chi connectivity index (χ1v) is 9.27. The Morgan fingerprint density at radius 3 is 2.76 bits per heavy atom. The van der Waals surface area contributed by atoms with Gasteiger partial charge in [0.05, 0.1) is 6.26 Å². The minimum atomic E-state index is -3.10. The summed E-state index contributed by atoms with van der Waals surface area (Å²) in [6, 6.07) is 0. The third kappa shape index (κ3) is 5.80. The van der Waals surface area contributed by atoms with Crippen LogP contribution in [0.3, 0.4) is 0 Å². The minimum Gasteiger partial charge on any atom is -0.409 e. The molecule has 124 valence electrons. The van der Waals surface area contributed by atoms with E-state index in [0.717, 1.165) is 25.9 Å². The van der Waals surface area contributed by atoms with Gasteiger partial charge in [-0.15, -0.1) is 0 Å². The van der Waals surface area contributed by atoms with Crippen LogP contribution in [0.4, 0.5) is 0 Å². The monoisotopic (exact) mass is 320 g/mol. The zero-order valence-electron chi connectivity index (χ0n) is 13.2. The summed E-state index contributed by atoms with van der Waals surface area (Å²) in [6.45, 7) is 7.61. The number of hydrogen-bond donors (Lipinski definition) is 2. The molecule has 0 aromatic rings. The van der Waals surface area contributed by atoms with Crippen LogP contribution >= 0.6 is 0 Å². The van der Waals surface area contributed by atoms with E-state index in [1.54, 1.807) is 4.31 Å². The Labute approximate surface area is 127 Å². The fourth-order valence-corrected chi connectivity index (χ4v) is 3.70. The minimum absolute atomic E-state index is 0.0236. The lowest BCUT2D eigenvalue weighted by Gasteiger charge is -2.34. The number of hydrogen-bond acceptors (Lipinski definition) is 5. The Hall–Kier alpha value is -0.860. The van der Waals surface area contributed by atoms with Gasteiger partial charge in [0.25, 0.3) is 0 Å². The SMILES string of the molecule is CCN(CC1CCCN(S(C)(=O)=O)C1)CC(C)C(N)=NO. The molecular formula is C13H28N4O3S. The van der Waals surface area contributed by atoms with E-state index >= 15 is 0 Å². The summed E-state index contributed by atoms with van der Waals surface area (Å²) >= 11 is 0. The van der Waals surface area contributed by atoms with Gasteiger partial charge >= 0.3 is 0 Å². The lowest BCUT2D eigenvalue weighted by Crippen LogP contribution is -2.44. The van der Waals surface area contributed by atoms with Gasteiger partial charge in [0.2, 0.25) is 10.0 Å². The summed E-state index contributed by atoms with van der Waals surface area (Å²) < 4.78 is 24.9. The normalized spacial score (nSPS) is 23.4. The lowest BCUT2D eigenvalue weighted by molar-refractivity contribution is 0.176. The van der Waals surface area contributed by atoms with Crippen molar-refractivity contribution in [2.24, 2.45) is 22.7 Å². The Kier molecular flexibility index (Phi) is 6.89. The average molecular weight is 320 g/mol. The van der Waals surface area contributed by atoms with E-state index in [1.807, 2.05) is 6.92 Å². The molecule has 0 spiro atoms. The molecule has 0 aromatic heterocycles. The Balaban J connectivity index is 2.57. The van der Waals surface area contributed by atoms with Crippen LogP contribution in [0.2, 0.25) is 0 Å². The zero-order valence-corrected chi connectivity index (χ0v) is 14.0. The Morgan fingerprint density at radius 1 is 1.57 bits per heavy atom. The second kappa shape index (κ2) is 7.95. The van der Waals surface area contributed by atoms with Crippen LogP contribution in [0.5, 0.6) is 0 Å². The van der Waals surface area contributed by atoms with Crippen LogP contribution in [0.15, 0.2) is 5.16 Å². The van der Waals surface area contributed by atoms with Crippen molar-refractivity contribution in [2.75, 3.05) is 39.0 Å². The third-order valence-electron chi connectivity index (χ3n) is 4.07. The molecular weight excluding hydrogens is 292 g/mol. The Morgan fingerprint density at radius 2 is 2.24 bits per heavy atom. The van der Waals surface area contributed by atoms with Gasteiger partial charge in [0, 0.05) is 32.1 Å². The van der Waals surface area contributed by atoms with E-state index in [4.69, 9.17) is 10.9 Å². The van der Waals surface area contributed by atoms with Gasteiger partial charge in [-0.25, -0.2) is 12.7 Å². The number of nitrogens with two attached hydrogens (primary N) is 1. The molecule has 21 heavy (non-hydrogen) atoms. The summed E-state index contributed by atoms with van der Waals surface area (Å²) in [6.07, 6.45) is 3.22. The third-order valence-corrected chi connectivity index (χ3v) is 5.34. The van der Waals surface area contributed by atoms with E-state index < -0.39 is 10.0 Å². The van der Waals surface area contributed by atoms with E-state index in [0.29, 0.717) is 25.6 Å². The number of oxime groups is 1. The molecule has 0 radical (unpaired) electrons. The molecule has 1 aliphatic rings. The van der Waals surface area contributed by atoms with Crippen molar-refractivity contribution >= 4 is 15.9 Å². The van der Waals surface area contributed by atoms with Crippen LogP contribution in [-0.4, -0.2) is 67.6 Å². The van der Waals surface area contributed by atoms with Crippen LogP contribution in [-0.2, 0) is 10.0 Å². The quantitative estimate of drug-likeness (QED) is 0.305. The van der Waals surface area contributed by atoms with Gasteiger partial charge < -0.3 is 15.8 Å². The summed E-state index contributed by atoms with van der Waals surface area (Å²) in [7, 11) is -3.10. The highest BCUT2D eigenvalue weighted by molar-refractivity contribution is 7.88. The molecule has 0 aromatic carbocycles. The molecule has 3 N–H and O–H groups in total. The molecule has 1 saturated heterocycles. The maximum absolute atomic E-state index is 11.6. The number of piperidine rings is 1. The topological polar surface area (TPSA) is 99.2 Å². The van der Waals surface area contributed by atoms with Crippen molar-refractivity contribution in [1.82, 2.24) is 9.21 Å². The maximum Gasteiger partial charge on any atom is 0.211 e. The first kappa shape index (κ1) is 18.2. The number of sulfonamides is 1. The van der Waals surface area contributed by atoms with Gasteiger partial charge in [-0.1, -0.05) is 19.0 Å². The van der Waals surface area contributed by atoms with Crippen LogP contribution < -0.4 is 5.73 Å². The van der Waals surface area contributed by atoms with Crippen LogP contribution in [0, 0.1) is 11.8 Å². The van der Waals surface area contributed by atoms with E-state index in [-0.39, 0.29) is 11.8 Å². The molecule has 2 atom stereocenters. The van der Waals surface area contributed by atoms with E-state index in [9.17, 15) is 8.42 Å². The van der Waals surface area contributed by atoms with Crippen molar-refractivity contribution in [2.45, 2.75) is 26.7 Å². The molecule has 7 nitrogen and oxygen atoms in total. The first-order valence-electron chi connectivity index (χ1n) is 7.42. The summed E-state index contributed by atoms with van der Waals surface area (Å²) in [5.74, 6) is 0.548. The largest absolute Gasteiger partial charge is 0.409 e. The van der Waals surface area contributed by atoms with E-state index in [2.05, 4.69) is 17.0 Å². The van der Waals surface area contributed by atoms with Gasteiger partial charge in [0.15, 0.2) is 0 Å². The molecule has 1 fully saturated rings. The second-order valence-electron chi connectivity index (χ2n) is 5.91. The number of amidine groups is 1. The summed E-state index contributed by atoms with van der Waals surface area (Å²) in [4.78, 5) is 2.24. The standard InChI is InChI=1S/C13H28N4O3S/c1-4-16(8-11(2)13(14)15-18)9-12-6-5-7-17(10-12)21(3,19)20/h11-12,18H,4-10H2,1-3H3,(H2,14,15). The summed E-state index contributed by atoms with van der Waals surface area (Å²) in [5.41, 5.74) is 5.62. The van der Waals surface area contributed by atoms with Gasteiger partial charge in [-0.2, -0.15) is 0 Å². The van der Waals surface area contributed by atoms with Crippen molar-refractivity contribution < 1.29 is 13.6 Å². The fourth-order valence-electron chi connectivity index (χ4n) is 2.75. The first-order chi connectivity index (χ1) is 9.77. The molecule has 1 aliphatic heterocycles. The molecule has 8 heteroatoms. The highest BCUT2D eigenvalue weighted by Gasteiger charge is 2.27. The molecule has 2 unspecified atom stereocenters. The fraction of sp³-hybridized carbons (Fsp3) is 0.923. The summed E-state index contributed by atoms with van der Waals surface area (Å²) in [5, 5.41) is 11.8. The highest BCUT2D eigenvalue weighted by Crippen LogP contribution is 2.20. The second-order valence-corrected chi connectivity index (χ2v) is 7.89. The van der Waals surface area contributed by atoms with Crippen LogP contribution in [0.1, 0.15) is 26.7 Å². The predicted octanol–water partition coefficient (Wildman–Crippen LogP) is 0.362. The van der Waals surface area contributed by atoms with Crippen molar-refractivity contribution in [3.63, 3.8) is 0 Å². The molecule has 0 saturated carbocycles. The van der Waals surface area contributed by atoms with E-state index in [1.165, 1.54) is 6.26 Å². The zero-order chi connectivity index (χ0) is 16.0. The number of nitrogens with zero attached hydrogens (tertiary/aromatic N) is 3. The average Bonchev–Trinajstić information content (AvgIpc) is 2.44. The smallest absolute Gasteiger partial charge is 0.211 e. The maximum atomic E-state index is 11.6. The molecule has 0 amide bonds. The molecule has 1 heterocycles. The molecule has 1 rings (SSSR count). The van der Waals surface area contributed by atoms with Crippen molar-refractivity contribution in [3.05, 3.63) is 0 Å². The van der Waals surface area contributed by atoms with Gasteiger partial charge in [-0.05, 0) is 25.3 Å².